The predicted octanol–water partition coefficient (Wildman–Crippen LogP) is 2.31. The van der Waals surface area contributed by atoms with E-state index < -0.39 is 34.8 Å². The summed E-state index contributed by atoms with van der Waals surface area (Å²) < 4.78 is 66.2. The van der Waals surface area contributed by atoms with E-state index in [0.717, 1.165) is 4.90 Å². The zero-order valence-corrected chi connectivity index (χ0v) is 9.32. The first-order chi connectivity index (χ1) is 8.49. The average Bonchev–Trinajstić information content (AvgIpc) is 3.17. The number of rotatable bonds is 4. The zero-order chi connectivity index (χ0) is 13.4. The van der Waals surface area contributed by atoms with E-state index in [2.05, 4.69) is 0 Å². The summed E-state index contributed by atoms with van der Waals surface area (Å²) >= 11 is 0. The molecule has 0 saturated heterocycles. The molecule has 2 nitrogen and oxygen atoms in total. The number of nitrogens with zero attached hydrogens (tertiary/aromatic N) is 1. The van der Waals surface area contributed by atoms with E-state index >= 15 is 0 Å². The van der Waals surface area contributed by atoms with Crippen LogP contribution in [-0.2, 0) is 0 Å². The fourth-order valence-electron chi connectivity index (χ4n) is 1.85. The van der Waals surface area contributed by atoms with E-state index in [1.807, 2.05) is 0 Å². The van der Waals surface area contributed by atoms with Crippen molar-refractivity contribution in [2.24, 2.45) is 5.73 Å². The Morgan fingerprint density at radius 1 is 0.889 bits per heavy atom. The molecule has 0 atom stereocenters. The summed E-state index contributed by atoms with van der Waals surface area (Å²) in [5.74, 6) is -9.59. The Bertz CT molecular complexity index is 444. The smallest absolute Gasteiger partial charge is 0.200 e. The second-order valence-corrected chi connectivity index (χ2v) is 4.13. The molecule has 0 aromatic heterocycles. The molecule has 7 heteroatoms. The van der Waals surface area contributed by atoms with Gasteiger partial charge in [0.1, 0.15) is 5.69 Å². The second kappa shape index (κ2) is 4.72. The molecular formula is C11H11F5N2. The maximum Gasteiger partial charge on any atom is 0.200 e. The van der Waals surface area contributed by atoms with Crippen LogP contribution in [0.15, 0.2) is 0 Å². The Kier molecular flexibility index (Phi) is 3.43. The molecule has 0 aliphatic heterocycles. The SMILES string of the molecule is NCCN(c1c(F)c(F)c(F)c(F)c1F)C1CC1. The van der Waals surface area contributed by atoms with Crippen LogP contribution in [-0.4, -0.2) is 19.1 Å². The van der Waals surface area contributed by atoms with Crippen molar-refractivity contribution >= 4 is 5.69 Å². The Labute approximate surface area is 100 Å². The number of anilines is 1. The third kappa shape index (κ3) is 2.03. The van der Waals surface area contributed by atoms with Gasteiger partial charge in [-0.25, -0.2) is 22.0 Å². The van der Waals surface area contributed by atoms with Crippen molar-refractivity contribution < 1.29 is 22.0 Å². The first kappa shape index (κ1) is 13.1. The third-order valence-electron chi connectivity index (χ3n) is 2.83. The van der Waals surface area contributed by atoms with E-state index in [9.17, 15) is 22.0 Å². The van der Waals surface area contributed by atoms with Crippen LogP contribution in [0.25, 0.3) is 0 Å². The van der Waals surface area contributed by atoms with Crippen molar-refractivity contribution in [3.05, 3.63) is 29.1 Å². The molecule has 1 aromatic rings. The molecular weight excluding hydrogens is 255 g/mol. The van der Waals surface area contributed by atoms with Gasteiger partial charge in [-0.2, -0.15) is 0 Å². The molecule has 2 N–H and O–H groups in total. The normalized spacial score (nSPS) is 15.0. The minimum atomic E-state index is -2.14. The van der Waals surface area contributed by atoms with Crippen molar-refractivity contribution in [1.29, 1.82) is 0 Å². The van der Waals surface area contributed by atoms with Crippen LogP contribution in [0.4, 0.5) is 27.6 Å². The number of hydrogen-bond donors (Lipinski definition) is 1. The Morgan fingerprint density at radius 3 is 1.72 bits per heavy atom. The maximum atomic E-state index is 13.6. The fraction of sp³-hybridized carbons (Fsp3) is 0.455. The first-order valence-corrected chi connectivity index (χ1v) is 5.47. The van der Waals surface area contributed by atoms with Crippen LogP contribution in [0.5, 0.6) is 0 Å². The Hall–Kier alpha value is -1.37. The average molecular weight is 266 g/mol. The first-order valence-electron chi connectivity index (χ1n) is 5.47. The standard InChI is InChI=1S/C11H11F5N2/c12-6-7(13)9(15)11(10(16)8(6)14)18(4-3-17)5-1-2-5/h5H,1-4,17H2. The van der Waals surface area contributed by atoms with Crippen LogP contribution in [0.3, 0.4) is 0 Å². The van der Waals surface area contributed by atoms with Crippen molar-refractivity contribution in [2.75, 3.05) is 18.0 Å². The summed E-state index contributed by atoms with van der Waals surface area (Å²) in [5, 5.41) is 0. The van der Waals surface area contributed by atoms with Gasteiger partial charge >= 0.3 is 0 Å². The highest BCUT2D eigenvalue weighted by Gasteiger charge is 2.36. The molecule has 0 amide bonds. The van der Waals surface area contributed by atoms with Crippen LogP contribution < -0.4 is 10.6 Å². The molecule has 0 radical (unpaired) electrons. The van der Waals surface area contributed by atoms with Gasteiger partial charge in [0.25, 0.3) is 0 Å². The lowest BCUT2D eigenvalue weighted by Gasteiger charge is -2.25. The lowest BCUT2D eigenvalue weighted by molar-refractivity contribution is 0.378. The molecule has 1 saturated carbocycles. The van der Waals surface area contributed by atoms with Gasteiger partial charge in [-0.1, -0.05) is 0 Å². The van der Waals surface area contributed by atoms with Crippen molar-refractivity contribution in [1.82, 2.24) is 0 Å². The molecule has 1 fully saturated rings. The monoisotopic (exact) mass is 266 g/mol. The molecule has 18 heavy (non-hydrogen) atoms. The van der Waals surface area contributed by atoms with E-state index in [4.69, 9.17) is 5.73 Å². The van der Waals surface area contributed by atoms with Crippen molar-refractivity contribution in [2.45, 2.75) is 18.9 Å². The Morgan fingerprint density at radius 2 is 1.33 bits per heavy atom. The fourth-order valence-corrected chi connectivity index (χ4v) is 1.85. The predicted molar refractivity (Wildman–Crippen MR) is 55.7 cm³/mol. The van der Waals surface area contributed by atoms with Crippen molar-refractivity contribution in [3.63, 3.8) is 0 Å². The quantitative estimate of drug-likeness (QED) is 0.515. The molecule has 0 unspecified atom stereocenters. The Balaban J connectivity index is 2.54. The van der Waals surface area contributed by atoms with Gasteiger partial charge in [0.15, 0.2) is 23.3 Å². The van der Waals surface area contributed by atoms with Gasteiger partial charge in [0.05, 0.1) is 0 Å². The molecule has 0 heterocycles. The minimum absolute atomic E-state index is 0.0447. The number of hydrogen-bond acceptors (Lipinski definition) is 2. The molecule has 0 bridgehead atoms. The summed E-state index contributed by atoms with van der Waals surface area (Å²) in [6.07, 6.45) is 1.30. The number of halogens is 5. The third-order valence-corrected chi connectivity index (χ3v) is 2.83. The summed E-state index contributed by atoms with van der Waals surface area (Å²) in [7, 11) is 0. The van der Waals surface area contributed by atoms with Crippen molar-refractivity contribution in [3.8, 4) is 0 Å². The second-order valence-electron chi connectivity index (χ2n) is 4.13. The van der Waals surface area contributed by atoms with E-state index in [1.165, 1.54) is 0 Å². The molecule has 0 spiro atoms. The maximum absolute atomic E-state index is 13.6. The largest absolute Gasteiger partial charge is 0.362 e. The molecule has 1 aliphatic rings. The van der Waals surface area contributed by atoms with E-state index in [1.54, 1.807) is 0 Å². The lowest BCUT2D eigenvalue weighted by Crippen LogP contribution is -2.33. The van der Waals surface area contributed by atoms with Gasteiger partial charge in [0, 0.05) is 19.1 Å². The highest BCUT2D eigenvalue weighted by Crippen LogP contribution is 2.37. The number of benzene rings is 1. The summed E-state index contributed by atoms with van der Waals surface area (Å²) in [4.78, 5) is 1.15. The molecule has 1 aromatic carbocycles. The minimum Gasteiger partial charge on any atom is -0.362 e. The molecule has 100 valence electrons. The number of nitrogens with two attached hydrogens (primary N) is 1. The van der Waals surface area contributed by atoms with Gasteiger partial charge in [-0.05, 0) is 12.8 Å². The van der Waals surface area contributed by atoms with E-state index in [0.29, 0.717) is 12.8 Å². The van der Waals surface area contributed by atoms with Gasteiger partial charge in [0.2, 0.25) is 5.82 Å². The summed E-state index contributed by atoms with van der Waals surface area (Å²) in [6, 6.07) is -0.207. The van der Waals surface area contributed by atoms with Crippen LogP contribution in [0.1, 0.15) is 12.8 Å². The topological polar surface area (TPSA) is 29.3 Å². The van der Waals surface area contributed by atoms with Gasteiger partial charge < -0.3 is 10.6 Å². The molecule has 1 aliphatic carbocycles. The highest BCUT2D eigenvalue weighted by atomic mass is 19.2. The molecule has 2 rings (SSSR count). The van der Waals surface area contributed by atoms with Crippen LogP contribution >= 0.6 is 0 Å². The van der Waals surface area contributed by atoms with Crippen LogP contribution in [0.2, 0.25) is 0 Å². The van der Waals surface area contributed by atoms with E-state index in [-0.39, 0.29) is 19.1 Å². The van der Waals surface area contributed by atoms with Crippen LogP contribution in [0, 0.1) is 29.1 Å². The highest BCUT2D eigenvalue weighted by molar-refractivity contribution is 5.52. The summed E-state index contributed by atoms with van der Waals surface area (Å²) in [6.45, 7) is 0.110. The van der Waals surface area contributed by atoms with Gasteiger partial charge in [-0.15, -0.1) is 0 Å². The lowest BCUT2D eigenvalue weighted by atomic mass is 10.2. The summed E-state index contributed by atoms with van der Waals surface area (Å²) in [5.41, 5.74) is 4.41. The zero-order valence-electron chi connectivity index (χ0n) is 9.32. The van der Waals surface area contributed by atoms with Gasteiger partial charge in [-0.3, -0.25) is 0 Å².